The van der Waals surface area contributed by atoms with E-state index in [0.29, 0.717) is 5.41 Å². The Morgan fingerprint density at radius 3 is 2.74 bits per heavy atom. The zero-order valence-electron chi connectivity index (χ0n) is 12.2. The Kier molecular flexibility index (Phi) is 2.93. The van der Waals surface area contributed by atoms with Gasteiger partial charge in [-0.25, -0.2) is 0 Å². The van der Waals surface area contributed by atoms with Crippen LogP contribution in [0, 0.1) is 16.7 Å². The third-order valence-corrected chi connectivity index (χ3v) is 6.10. The van der Waals surface area contributed by atoms with Gasteiger partial charge >= 0.3 is 0 Å². The molecule has 0 saturated heterocycles. The maximum atomic E-state index is 4.70. The fraction of sp³-hybridized carbons (Fsp3) is 0.625. The second kappa shape index (κ2) is 4.27. The van der Waals surface area contributed by atoms with Crippen molar-refractivity contribution in [3.05, 3.63) is 22.4 Å². The molecule has 1 aromatic rings. The maximum absolute atomic E-state index is 4.70. The Labute approximate surface area is 119 Å². The van der Waals surface area contributed by atoms with Gasteiger partial charge in [0.15, 0.2) is 0 Å². The Hall–Kier alpha value is -0.960. The summed E-state index contributed by atoms with van der Waals surface area (Å²) in [7, 11) is 0. The molecule has 0 radical (unpaired) electrons. The molecule has 0 aliphatic heterocycles. The smallest absolute Gasteiger partial charge is 0.0771 e. The standard InChI is InChI=1S/C16H22N2S/c1-11(13-6-5-9-19-13)17-18-14-15(2,3)12-7-8-16(14,4)10-12/h5-6,9,12H,7-8,10H2,1-4H3/b17-11+,18-14-. The summed E-state index contributed by atoms with van der Waals surface area (Å²) in [6.45, 7) is 9.11. The van der Waals surface area contributed by atoms with Crippen LogP contribution in [0.15, 0.2) is 27.7 Å². The molecule has 0 spiro atoms. The van der Waals surface area contributed by atoms with Crippen LogP contribution in [0.25, 0.3) is 0 Å². The second-order valence-corrected chi connectivity index (χ2v) is 7.78. The van der Waals surface area contributed by atoms with E-state index in [-0.39, 0.29) is 5.41 Å². The first-order valence-electron chi connectivity index (χ1n) is 7.10. The highest BCUT2D eigenvalue weighted by Gasteiger charge is 2.57. The van der Waals surface area contributed by atoms with Gasteiger partial charge in [0.05, 0.1) is 16.3 Å². The number of fused-ring (bicyclic) bond motifs is 2. The van der Waals surface area contributed by atoms with Gasteiger partial charge in [-0.05, 0) is 43.6 Å². The molecule has 2 nitrogen and oxygen atoms in total. The van der Waals surface area contributed by atoms with Gasteiger partial charge in [0.25, 0.3) is 0 Å². The highest BCUT2D eigenvalue weighted by atomic mass is 32.1. The summed E-state index contributed by atoms with van der Waals surface area (Å²) in [4.78, 5) is 1.22. The molecule has 2 aliphatic carbocycles. The van der Waals surface area contributed by atoms with Crippen molar-refractivity contribution in [3.63, 3.8) is 0 Å². The lowest BCUT2D eigenvalue weighted by Gasteiger charge is -2.34. The SMILES string of the molecule is C/C(=N\N=C1/C2(C)CCC(C2)C1(C)C)c1cccs1. The summed E-state index contributed by atoms with van der Waals surface area (Å²) >= 11 is 1.73. The molecule has 2 atom stereocenters. The van der Waals surface area contributed by atoms with Gasteiger partial charge in [-0.15, -0.1) is 11.3 Å². The molecule has 19 heavy (non-hydrogen) atoms. The lowest BCUT2D eigenvalue weighted by Crippen LogP contribution is -2.35. The zero-order valence-corrected chi connectivity index (χ0v) is 13.0. The third-order valence-electron chi connectivity index (χ3n) is 5.12. The monoisotopic (exact) mass is 274 g/mol. The van der Waals surface area contributed by atoms with E-state index in [2.05, 4.69) is 50.3 Å². The van der Waals surface area contributed by atoms with Crippen molar-refractivity contribution in [3.8, 4) is 0 Å². The number of nitrogens with zero attached hydrogens (tertiary/aromatic N) is 2. The second-order valence-electron chi connectivity index (χ2n) is 6.83. The quantitative estimate of drug-likeness (QED) is 0.549. The molecule has 2 bridgehead atoms. The van der Waals surface area contributed by atoms with Gasteiger partial charge in [0, 0.05) is 10.8 Å². The molecule has 2 saturated carbocycles. The molecule has 2 aliphatic rings. The molecular weight excluding hydrogens is 252 g/mol. The van der Waals surface area contributed by atoms with Crippen molar-refractivity contribution < 1.29 is 0 Å². The van der Waals surface area contributed by atoms with Crippen molar-refractivity contribution in [2.45, 2.75) is 47.0 Å². The number of hydrogen-bond acceptors (Lipinski definition) is 3. The molecule has 0 aromatic carbocycles. The number of thiophene rings is 1. The highest BCUT2D eigenvalue weighted by Crippen LogP contribution is 2.60. The molecule has 3 rings (SSSR count). The van der Waals surface area contributed by atoms with Gasteiger partial charge in [-0.3, -0.25) is 0 Å². The topological polar surface area (TPSA) is 24.7 Å². The van der Waals surface area contributed by atoms with Crippen LogP contribution in [0.3, 0.4) is 0 Å². The van der Waals surface area contributed by atoms with Gasteiger partial charge < -0.3 is 0 Å². The molecule has 0 N–H and O–H groups in total. The predicted molar refractivity (Wildman–Crippen MR) is 83.2 cm³/mol. The average molecular weight is 274 g/mol. The fourth-order valence-corrected chi connectivity index (χ4v) is 4.62. The molecule has 1 heterocycles. The summed E-state index contributed by atoms with van der Waals surface area (Å²) < 4.78 is 0. The normalized spacial score (nSPS) is 35.3. The molecule has 102 valence electrons. The Morgan fingerprint density at radius 2 is 2.16 bits per heavy atom. The van der Waals surface area contributed by atoms with Crippen molar-refractivity contribution >= 4 is 22.8 Å². The summed E-state index contributed by atoms with van der Waals surface area (Å²) in [5.41, 5.74) is 2.89. The molecule has 0 amide bonds. The van der Waals surface area contributed by atoms with Gasteiger partial charge in [0.2, 0.25) is 0 Å². The van der Waals surface area contributed by atoms with Crippen LogP contribution < -0.4 is 0 Å². The van der Waals surface area contributed by atoms with E-state index in [1.165, 1.54) is 29.9 Å². The minimum absolute atomic E-state index is 0.228. The first-order valence-corrected chi connectivity index (χ1v) is 7.98. The molecular formula is C16H22N2S. The van der Waals surface area contributed by atoms with Gasteiger partial charge in [0.1, 0.15) is 0 Å². The highest BCUT2D eigenvalue weighted by molar-refractivity contribution is 7.12. The minimum atomic E-state index is 0.228. The summed E-state index contributed by atoms with van der Waals surface area (Å²) in [6, 6.07) is 4.17. The predicted octanol–water partition coefficient (Wildman–Crippen LogP) is 4.76. The van der Waals surface area contributed by atoms with Crippen LogP contribution in [0.1, 0.15) is 51.8 Å². The van der Waals surface area contributed by atoms with Crippen LogP contribution in [-0.4, -0.2) is 11.4 Å². The Morgan fingerprint density at radius 1 is 1.37 bits per heavy atom. The van der Waals surface area contributed by atoms with E-state index >= 15 is 0 Å². The lowest BCUT2D eigenvalue weighted by atomic mass is 9.71. The Bertz CT molecular complexity index is 532. The molecule has 1 aromatic heterocycles. The molecule has 2 unspecified atom stereocenters. The number of hydrogen-bond donors (Lipinski definition) is 0. The van der Waals surface area contributed by atoms with E-state index in [1.54, 1.807) is 11.3 Å². The van der Waals surface area contributed by atoms with Crippen LogP contribution in [0.5, 0.6) is 0 Å². The van der Waals surface area contributed by atoms with Crippen LogP contribution in [0.4, 0.5) is 0 Å². The van der Waals surface area contributed by atoms with Crippen LogP contribution in [0.2, 0.25) is 0 Å². The first kappa shape index (κ1) is 13.0. The van der Waals surface area contributed by atoms with E-state index in [0.717, 1.165) is 11.6 Å². The third kappa shape index (κ3) is 1.99. The van der Waals surface area contributed by atoms with Crippen molar-refractivity contribution in [2.24, 2.45) is 27.0 Å². The summed E-state index contributed by atoms with van der Waals surface area (Å²) in [5, 5.41) is 11.3. The van der Waals surface area contributed by atoms with E-state index in [9.17, 15) is 0 Å². The summed E-state index contributed by atoms with van der Waals surface area (Å²) in [6.07, 6.45) is 3.94. The molecule has 3 heteroatoms. The minimum Gasteiger partial charge on any atom is -0.159 e. The zero-order chi connectivity index (χ0) is 13.7. The van der Waals surface area contributed by atoms with E-state index in [1.807, 2.05) is 0 Å². The maximum Gasteiger partial charge on any atom is 0.0771 e. The van der Waals surface area contributed by atoms with Gasteiger partial charge in [-0.1, -0.05) is 26.8 Å². The molecule has 2 fully saturated rings. The van der Waals surface area contributed by atoms with Crippen molar-refractivity contribution in [1.82, 2.24) is 0 Å². The van der Waals surface area contributed by atoms with E-state index < -0.39 is 0 Å². The average Bonchev–Trinajstić information content (AvgIpc) is 3.00. The van der Waals surface area contributed by atoms with Crippen LogP contribution in [-0.2, 0) is 0 Å². The Balaban J connectivity index is 1.93. The van der Waals surface area contributed by atoms with Gasteiger partial charge in [-0.2, -0.15) is 10.2 Å². The summed E-state index contributed by atoms with van der Waals surface area (Å²) in [5.74, 6) is 0.800. The van der Waals surface area contributed by atoms with Crippen LogP contribution >= 0.6 is 11.3 Å². The first-order chi connectivity index (χ1) is 8.93. The largest absolute Gasteiger partial charge is 0.159 e. The van der Waals surface area contributed by atoms with E-state index in [4.69, 9.17) is 5.10 Å². The fourth-order valence-electron chi connectivity index (χ4n) is 3.95. The lowest BCUT2D eigenvalue weighted by molar-refractivity contribution is 0.332. The van der Waals surface area contributed by atoms with Crippen molar-refractivity contribution in [2.75, 3.05) is 0 Å². The number of rotatable bonds is 2. The van der Waals surface area contributed by atoms with Crippen molar-refractivity contribution in [1.29, 1.82) is 0 Å².